The van der Waals surface area contributed by atoms with Gasteiger partial charge in [0, 0.05) is 14.1 Å². The van der Waals surface area contributed by atoms with E-state index in [4.69, 9.17) is 10.00 Å². The van der Waals surface area contributed by atoms with E-state index in [9.17, 15) is 9.59 Å². The summed E-state index contributed by atoms with van der Waals surface area (Å²) in [5.74, 6) is 0.0696. The van der Waals surface area contributed by atoms with E-state index in [1.807, 2.05) is 0 Å². The summed E-state index contributed by atoms with van der Waals surface area (Å²) in [5, 5.41) is 15.1. The van der Waals surface area contributed by atoms with Gasteiger partial charge in [-0.3, -0.25) is 14.9 Å². The summed E-state index contributed by atoms with van der Waals surface area (Å²) >= 11 is 0. The average molecular weight is 342 g/mol. The zero-order valence-electron chi connectivity index (χ0n) is 14.0. The van der Waals surface area contributed by atoms with Crippen molar-refractivity contribution in [1.82, 2.24) is 19.7 Å². The molecule has 0 atom stereocenters. The van der Waals surface area contributed by atoms with Gasteiger partial charge in [-0.2, -0.15) is 5.26 Å². The molecule has 2 rings (SSSR count). The lowest BCUT2D eigenvalue weighted by Crippen LogP contribution is -2.26. The number of likely N-dealkylation sites (N-methyl/N-ethyl adjacent to an activating group) is 1. The van der Waals surface area contributed by atoms with Crippen LogP contribution in [0.1, 0.15) is 5.56 Å². The van der Waals surface area contributed by atoms with Crippen LogP contribution >= 0.6 is 0 Å². The van der Waals surface area contributed by atoms with E-state index >= 15 is 0 Å². The number of carbonyl (C=O) groups is 2. The number of benzene rings is 1. The second kappa shape index (κ2) is 8.44. The van der Waals surface area contributed by atoms with E-state index in [1.165, 1.54) is 15.9 Å². The lowest BCUT2D eigenvalue weighted by Gasteiger charge is -2.09. The maximum atomic E-state index is 11.9. The molecule has 0 fully saturated rings. The van der Waals surface area contributed by atoms with Gasteiger partial charge < -0.3 is 9.64 Å². The van der Waals surface area contributed by atoms with Crippen LogP contribution in [0.25, 0.3) is 0 Å². The van der Waals surface area contributed by atoms with E-state index in [1.54, 1.807) is 38.4 Å². The van der Waals surface area contributed by atoms with Crippen molar-refractivity contribution in [3.8, 4) is 11.8 Å². The molecular weight excluding hydrogens is 324 g/mol. The van der Waals surface area contributed by atoms with Gasteiger partial charge >= 0.3 is 0 Å². The minimum absolute atomic E-state index is 0.0431. The summed E-state index contributed by atoms with van der Waals surface area (Å²) < 4.78 is 6.70. The Kier molecular flexibility index (Phi) is 6.06. The highest BCUT2D eigenvalue weighted by Gasteiger charge is 2.10. The van der Waals surface area contributed by atoms with Gasteiger partial charge in [0.2, 0.25) is 11.9 Å². The van der Waals surface area contributed by atoms with Gasteiger partial charge in [0.1, 0.15) is 18.6 Å². The Morgan fingerprint density at radius 1 is 1.32 bits per heavy atom. The van der Waals surface area contributed by atoms with Crippen molar-refractivity contribution in [2.75, 3.05) is 26.0 Å². The van der Waals surface area contributed by atoms with Crippen molar-refractivity contribution in [2.24, 2.45) is 0 Å². The Bertz CT molecular complexity index is 776. The molecule has 0 saturated heterocycles. The highest BCUT2D eigenvalue weighted by Crippen LogP contribution is 2.12. The topological polar surface area (TPSA) is 113 Å². The first-order valence-corrected chi connectivity index (χ1v) is 7.46. The smallest absolute Gasteiger partial charge is 0.264 e. The monoisotopic (exact) mass is 342 g/mol. The normalized spacial score (nSPS) is 9.96. The van der Waals surface area contributed by atoms with Crippen molar-refractivity contribution in [3.63, 3.8) is 0 Å². The number of nitrogens with zero attached hydrogens (tertiary/aromatic N) is 5. The number of ether oxygens (including phenoxy) is 1. The minimum atomic E-state index is -0.419. The molecule has 0 spiro atoms. The number of anilines is 1. The minimum Gasteiger partial charge on any atom is -0.484 e. The molecule has 0 aliphatic rings. The third-order valence-electron chi connectivity index (χ3n) is 3.16. The van der Waals surface area contributed by atoms with Crippen LogP contribution in [0, 0.1) is 11.3 Å². The predicted molar refractivity (Wildman–Crippen MR) is 88.6 cm³/mol. The van der Waals surface area contributed by atoms with E-state index in [0.29, 0.717) is 12.2 Å². The maximum absolute atomic E-state index is 11.9. The molecule has 2 aromatic rings. The number of aromatic nitrogens is 3. The highest BCUT2D eigenvalue weighted by atomic mass is 16.5. The lowest BCUT2D eigenvalue weighted by molar-refractivity contribution is -0.129. The van der Waals surface area contributed by atoms with Crippen molar-refractivity contribution in [2.45, 2.75) is 13.0 Å². The number of hydrogen-bond donors (Lipinski definition) is 1. The van der Waals surface area contributed by atoms with Crippen LogP contribution in [0.5, 0.6) is 5.75 Å². The van der Waals surface area contributed by atoms with E-state index in [-0.39, 0.29) is 25.0 Å². The van der Waals surface area contributed by atoms with Gasteiger partial charge in [-0.05, 0) is 17.7 Å². The summed E-state index contributed by atoms with van der Waals surface area (Å²) in [7, 11) is 3.29. The molecule has 1 aromatic carbocycles. The molecular formula is C16H18N6O3. The maximum Gasteiger partial charge on any atom is 0.264 e. The van der Waals surface area contributed by atoms with E-state index in [2.05, 4.69) is 21.5 Å². The Morgan fingerprint density at radius 2 is 2.04 bits per heavy atom. The van der Waals surface area contributed by atoms with Gasteiger partial charge in [0.25, 0.3) is 5.91 Å². The Hall–Kier alpha value is -3.41. The zero-order chi connectivity index (χ0) is 18.2. The summed E-state index contributed by atoms with van der Waals surface area (Å²) in [5.41, 5.74) is 0.876. The number of hydrogen-bond acceptors (Lipinski definition) is 6. The van der Waals surface area contributed by atoms with Crippen LogP contribution < -0.4 is 10.1 Å². The summed E-state index contributed by atoms with van der Waals surface area (Å²) in [6, 6.07) is 8.98. The molecule has 25 heavy (non-hydrogen) atoms. The van der Waals surface area contributed by atoms with E-state index < -0.39 is 5.91 Å². The molecule has 0 aliphatic heterocycles. The molecule has 0 unspecified atom stereocenters. The molecule has 2 amide bonds. The number of amides is 2. The van der Waals surface area contributed by atoms with Crippen molar-refractivity contribution < 1.29 is 14.3 Å². The van der Waals surface area contributed by atoms with Gasteiger partial charge in [0.15, 0.2) is 6.61 Å². The van der Waals surface area contributed by atoms with Crippen molar-refractivity contribution >= 4 is 17.8 Å². The Labute approximate surface area is 144 Å². The lowest BCUT2D eigenvalue weighted by atomic mass is 10.2. The fourth-order valence-corrected chi connectivity index (χ4v) is 1.81. The summed E-state index contributed by atoms with van der Waals surface area (Å²) in [6.45, 7) is -0.163. The molecule has 130 valence electrons. The molecule has 1 heterocycles. The van der Waals surface area contributed by atoms with Crippen LogP contribution in [-0.2, 0) is 22.6 Å². The second-order valence-electron chi connectivity index (χ2n) is 5.37. The second-order valence-corrected chi connectivity index (χ2v) is 5.37. The number of nitriles is 1. The fourth-order valence-electron chi connectivity index (χ4n) is 1.81. The third-order valence-corrected chi connectivity index (χ3v) is 3.16. The Balaban J connectivity index is 1.81. The summed E-state index contributed by atoms with van der Waals surface area (Å²) in [6.07, 6.45) is 1.69. The van der Waals surface area contributed by atoms with Gasteiger partial charge in [-0.25, -0.2) is 9.67 Å². The third kappa shape index (κ3) is 5.62. The van der Waals surface area contributed by atoms with Gasteiger partial charge in [-0.1, -0.05) is 12.1 Å². The molecule has 0 aliphatic carbocycles. The molecule has 1 N–H and O–H groups in total. The zero-order valence-corrected chi connectivity index (χ0v) is 14.0. The predicted octanol–water partition coefficient (Wildman–Crippen LogP) is 0.450. The van der Waals surface area contributed by atoms with Gasteiger partial charge in [0.05, 0.1) is 12.5 Å². The molecule has 0 saturated carbocycles. The fraction of sp³-hybridized carbons (Fsp3) is 0.312. The molecule has 9 heteroatoms. The quantitative estimate of drug-likeness (QED) is 0.781. The Morgan fingerprint density at radius 3 is 2.68 bits per heavy atom. The number of carbonyl (C=O) groups excluding carboxylic acids is 2. The number of nitrogens with one attached hydrogen (secondary N) is 1. The highest BCUT2D eigenvalue weighted by molar-refractivity contribution is 5.90. The molecule has 1 aromatic heterocycles. The number of rotatable bonds is 7. The SMILES string of the molecule is CN(C)C(=O)Cn1cnc(NC(=O)COc2ccc(CC#N)cc2)n1. The summed E-state index contributed by atoms with van der Waals surface area (Å²) in [4.78, 5) is 28.8. The standard InChI is InChI=1S/C16H18N6O3/c1-21(2)15(24)9-22-11-18-16(20-22)19-14(23)10-25-13-5-3-12(4-6-13)7-8-17/h3-6,11H,7,9-10H2,1-2H3,(H,19,20,23). The average Bonchev–Trinajstić information content (AvgIpc) is 3.01. The van der Waals surface area contributed by atoms with Crippen LogP contribution in [0.3, 0.4) is 0 Å². The van der Waals surface area contributed by atoms with E-state index in [0.717, 1.165) is 5.56 Å². The molecule has 0 radical (unpaired) electrons. The molecule has 0 bridgehead atoms. The first-order chi connectivity index (χ1) is 12.0. The van der Waals surface area contributed by atoms with Crippen LogP contribution in [0.4, 0.5) is 5.95 Å². The molecule has 9 nitrogen and oxygen atoms in total. The first kappa shape index (κ1) is 17.9. The van der Waals surface area contributed by atoms with Crippen LogP contribution in [0.2, 0.25) is 0 Å². The van der Waals surface area contributed by atoms with Crippen molar-refractivity contribution in [3.05, 3.63) is 36.2 Å². The van der Waals surface area contributed by atoms with Gasteiger partial charge in [-0.15, -0.1) is 5.10 Å². The first-order valence-electron chi connectivity index (χ1n) is 7.46. The van der Waals surface area contributed by atoms with Crippen molar-refractivity contribution in [1.29, 1.82) is 5.26 Å². The van der Waals surface area contributed by atoms with Crippen LogP contribution in [-0.4, -0.2) is 52.2 Å². The largest absolute Gasteiger partial charge is 0.484 e. The van der Waals surface area contributed by atoms with Crippen LogP contribution in [0.15, 0.2) is 30.6 Å².